The standard InChI is InChI=1S/C34H30O3/c1-5-13-29-25(9-1)21-26-10-2-6-14-30(26)33(29)23-36-19-17-35-18-20-37-24-34-31-15-7-3-11-27(31)22-28-12-4-8-16-32(28)34/h1-16,21-22H,17-20,23-24H2. The molecule has 0 aliphatic carbocycles. The van der Waals surface area contributed by atoms with Crippen LogP contribution in [-0.2, 0) is 27.4 Å². The Morgan fingerprint density at radius 3 is 1.00 bits per heavy atom. The third-order valence-corrected chi connectivity index (χ3v) is 7.00. The van der Waals surface area contributed by atoms with E-state index in [9.17, 15) is 0 Å². The van der Waals surface area contributed by atoms with Crippen molar-refractivity contribution in [2.75, 3.05) is 26.4 Å². The first-order valence-electron chi connectivity index (χ1n) is 12.9. The number of ether oxygens (including phenoxy) is 3. The van der Waals surface area contributed by atoms with Crippen LogP contribution in [0.25, 0.3) is 43.1 Å². The van der Waals surface area contributed by atoms with Gasteiger partial charge < -0.3 is 14.2 Å². The predicted octanol–water partition coefficient (Wildman–Crippen LogP) is 8.05. The summed E-state index contributed by atoms with van der Waals surface area (Å²) in [4.78, 5) is 0. The second-order valence-electron chi connectivity index (χ2n) is 9.31. The Morgan fingerprint density at radius 2 is 0.649 bits per heavy atom. The highest BCUT2D eigenvalue weighted by atomic mass is 16.5. The summed E-state index contributed by atoms with van der Waals surface area (Å²) in [6, 6.07) is 38.5. The zero-order valence-electron chi connectivity index (χ0n) is 20.9. The van der Waals surface area contributed by atoms with Crippen molar-refractivity contribution < 1.29 is 14.2 Å². The van der Waals surface area contributed by atoms with Gasteiger partial charge in [-0.2, -0.15) is 0 Å². The van der Waals surface area contributed by atoms with Gasteiger partial charge in [-0.15, -0.1) is 0 Å². The van der Waals surface area contributed by atoms with E-state index in [2.05, 4.69) is 109 Å². The molecule has 0 unspecified atom stereocenters. The molecule has 0 N–H and O–H groups in total. The summed E-state index contributed by atoms with van der Waals surface area (Å²) < 4.78 is 17.9. The van der Waals surface area contributed by atoms with Crippen LogP contribution in [0.4, 0.5) is 0 Å². The molecule has 3 heteroatoms. The summed E-state index contributed by atoms with van der Waals surface area (Å²) in [5.41, 5.74) is 2.47. The molecule has 6 rings (SSSR count). The van der Waals surface area contributed by atoms with Crippen LogP contribution < -0.4 is 0 Å². The second-order valence-corrected chi connectivity index (χ2v) is 9.31. The summed E-state index contributed by atoms with van der Waals surface area (Å²) in [6.07, 6.45) is 0. The highest BCUT2D eigenvalue weighted by Crippen LogP contribution is 2.30. The van der Waals surface area contributed by atoms with Gasteiger partial charge in [-0.3, -0.25) is 0 Å². The van der Waals surface area contributed by atoms with E-state index < -0.39 is 0 Å². The Bertz CT molecular complexity index is 1440. The van der Waals surface area contributed by atoms with Crippen LogP contribution in [-0.4, -0.2) is 26.4 Å². The van der Waals surface area contributed by atoms with Crippen LogP contribution >= 0.6 is 0 Å². The van der Waals surface area contributed by atoms with Crippen molar-refractivity contribution in [2.45, 2.75) is 13.2 Å². The largest absolute Gasteiger partial charge is 0.377 e. The van der Waals surface area contributed by atoms with Gasteiger partial charge >= 0.3 is 0 Å². The molecule has 0 saturated carbocycles. The van der Waals surface area contributed by atoms with Crippen LogP contribution in [0.1, 0.15) is 11.1 Å². The highest BCUT2D eigenvalue weighted by Gasteiger charge is 2.09. The third-order valence-electron chi connectivity index (χ3n) is 7.00. The van der Waals surface area contributed by atoms with E-state index >= 15 is 0 Å². The Hall–Kier alpha value is -3.76. The molecule has 37 heavy (non-hydrogen) atoms. The molecule has 6 aromatic carbocycles. The maximum absolute atomic E-state index is 6.04. The van der Waals surface area contributed by atoms with Gasteiger partial charge in [0.2, 0.25) is 0 Å². The molecule has 184 valence electrons. The number of fused-ring (bicyclic) bond motifs is 4. The lowest BCUT2D eigenvalue weighted by Gasteiger charge is -2.13. The first-order chi connectivity index (χ1) is 18.4. The minimum Gasteiger partial charge on any atom is -0.377 e. The summed E-state index contributed by atoms with van der Waals surface area (Å²) >= 11 is 0. The molecule has 0 bridgehead atoms. The van der Waals surface area contributed by atoms with Crippen molar-refractivity contribution in [2.24, 2.45) is 0 Å². The Kier molecular flexibility index (Phi) is 7.09. The molecule has 0 saturated heterocycles. The molecular formula is C34H30O3. The average Bonchev–Trinajstić information content (AvgIpc) is 2.95. The summed E-state index contributed by atoms with van der Waals surface area (Å²) in [5.74, 6) is 0. The van der Waals surface area contributed by atoms with E-state index in [0.717, 1.165) is 0 Å². The van der Waals surface area contributed by atoms with Gasteiger partial charge in [0.25, 0.3) is 0 Å². The number of benzene rings is 6. The van der Waals surface area contributed by atoms with Crippen molar-refractivity contribution in [3.63, 3.8) is 0 Å². The fraction of sp³-hybridized carbons (Fsp3) is 0.176. The Balaban J connectivity index is 1.00. The van der Waals surface area contributed by atoms with Crippen molar-refractivity contribution in [3.05, 3.63) is 120 Å². The van der Waals surface area contributed by atoms with E-state index in [1.54, 1.807) is 0 Å². The van der Waals surface area contributed by atoms with E-state index in [1.165, 1.54) is 54.2 Å². The van der Waals surface area contributed by atoms with E-state index in [1.807, 2.05) is 0 Å². The Labute approximate surface area is 217 Å². The van der Waals surface area contributed by atoms with E-state index in [0.29, 0.717) is 39.6 Å². The van der Waals surface area contributed by atoms with Crippen LogP contribution in [0.2, 0.25) is 0 Å². The molecule has 0 aromatic heterocycles. The zero-order chi connectivity index (χ0) is 24.9. The Morgan fingerprint density at radius 1 is 0.351 bits per heavy atom. The predicted molar refractivity (Wildman–Crippen MR) is 153 cm³/mol. The maximum atomic E-state index is 6.04. The first-order valence-corrected chi connectivity index (χ1v) is 12.9. The average molecular weight is 487 g/mol. The van der Waals surface area contributed by atoms with Crippen LogP contribution in [0.5, 0.6) is 0 Å². The van der Waals surface area contributed by atoms with E-state index in [4.69, 9.17) is 14.2 Å². The minimum atomic E-state index is 0.545. The molecular weight excluding hydrogens is 456 g/mol. The monoisotopic (exact) mass is 486 g/mol. The fourth-order valence-corrected chi connectivity index (χ4v) is 5.21. The van der Waals surface area contributed by atoms with Crippen molar-refractivity contribution >= 4 is 43.1 Å². The third kappa shape index (κ3) is 5.07. The molecule has 0 spiro atoms. The molecule has 0 amide bonds. The van der Waals surface area contributed by atoms with Crippen molar-refractivity contribution in [1.29, 1.82) is 0 Å². The number of rotatable bonds is 10. The molecule has 0 aliphatic rings. The van der Waals surface area contributed by atoms with Gasteiger partial charge in [-0.25, -0.2) is 0 Å². The molecule has 3 nitrogen and oxygen atoms in total. The lowest BCUT2D eigenvalue weighted by molar-refractivity contribution is 0.00772. The summed E-state index contributed by atoms with van der Waals surface area (Å²) in [7, 11) is 0. The zero-order valence-corrected chi connectivity index (χ0v) is 20.9. The first kappa shape index (κ1) is 23.6. The van der Waals surface area contributed by atoms with E-state index in [-0.39, 0.29) is 0 Å². The van der Waals surface area contributed by atoms with Crippen molar-refractivity contribution in [1.82, 2.24) is 0 Å². The molecule has 0 aliphatic heterocycles. The van der Waals surface area contributed by atoms with Gasteiger partial charge in [-0.1, -0.05) is 97.1 Å². The maximum Gasteiger partial charge on any atom is 0.0730 e. The topological polar surface area (TPSA) is 27.7 Å². The number of hydrogen-bond donors (Lipinski definition) is 0. The smallest absolute Gasteiger partial charge is 0.0730 e. The van der Waals surface area contributed by atoms with Gasteiger partial charge in [-0.05, 0) is 66.3 Å². The SMILES string of the molecule is c1ccc2c(COCCOCCOCc3c4ccccc4cc4ccccc34)c3ccccc3cc2c1. The van der Waals surface area contributed by atoms with Gasteiger partial charge in [0, 0.05) is 0 Å². The normalized spacial score (nSPS) is 11.7. The van der Waals surface area contributed by atoms with Gasteiger partial charge in [0.15, 0.2) is 0 Å². The van der Waals surface area contributed by atoms with Gasteiger partial charge in [0.1, 0.15) is 0 Å². The second kappa shape index (κ2) is 11.1. The lowest BCUT2D eigenvalue weighted by Crippen LogP contribution is -2.09. The van der Waals surface area contributed by atoms with Gasteiger partial charge in [0.05, 0.1) is 39.6 Å². The summed E-state index contributed by atoms with van der Waals surface area (Å²) in [6.45, 7) is 3.31. The minimum absolute atomic E-state index is 0.545. The summed E-state index contributed by atoms with van der Waals surface area (Å²) in [5, 5.41) is 9.96. The highest BCUT2D eigenvalue weighted by molar-refractivity contribution is 6.03. The fourth-order valence-electron chi connectivity index (χ4n) is 5.21. The van der Waals surface area contributed by atoms with Crippen molar-refractivity contribution in [3.8, 4) is 0 Å². The van der Waals surface area contributed by atoms with Crippen LogP contribution in [0.3, 0.4) is 0 Å². The van der Waals surface area contributed by atoms with Crippen LogP contribution in [0.15, 0.2) is 109 Å². The molecule has 0 fully saturated rings. The lowest BCUT2D eigenvalue weighted by atomic mass is 9.97. The van der Waals surface area contributed by atoms with Crippen LogP contribution in [0, 0.1) is 0 Å². The molecule has 0 atom stereocenters. The quantitative estimate of drug-likeness (QED) is 0.145. The molecule has 0 radical (unpaired) electrons. The molecule has 6 aromatic rings. The molecule has 0 heterocycles. The number of hydrogen-bond acceptors (Lipinski definition) is 3.